The standard InChI is InChI=1S/C7H3Br2NO2/c8-4-1-3-2-10-7(9)5(11)6(3)12-4/h1-2,11H. The van der Waals surface area contributed by atoms with Gasteiger partial charge >= 0.3 is 0 Å². The summed E-state index contributed by atoms with van der Waals surface area (Å²) in [4.78, 5) is 3.91. The van der Waals surface area contributed by atoms with E-state index in [-0.39, 0.29) is 5.75 Å². The molecule has 0 aromatic carbocycles. The van der Waals surface area contributed by atoms with Crippen molar-refractivity contribution in [1.29, 1.82) is 0 Å². The van der Waals surface area contributed by atoms with Crippen molar-refractivity contribution in [3.8, 4) is 5.75 Å². The van der Waals surface area contributed by atoms with Crippen LogP contribution in [0.4, 0.5) is 0 Å². The van der Waals surface area contributed by atoms with Crippen molar-refractivity contribution < 1.29 is 9.52 Å². The van der Waals surface area contributed by atoms with Gasteiger partial charge in [0.05, 0.1) is 0 Å². The van der Waals surface area contributed by atoms with Crippen LogP contribution in [0.1, 0.15) is 0 Å². The van der Waals surface area contributed by atoms with Gasteiger partial charge in [-0.05, 0) is 31.9 Å². The third-order valence-electron chi connectivity index (χ3n) is 1.46. The van der Waals surface area contributed by atoms with E-state index < -0.39 is 0 Å². The summed E-state index contributed by atoms with van der Waals surface area (Å²) in [6.45, 7) is 0. The van der Waals surface area contributed by atoms with Gasteiger partial charge in [-0.3, -0.25) is 0 Å². The Balaban J connectivity index is 2.89. The average molecular weight is 293 g/mol. The minimum absolute atomic E-state index is 0.0261. The highest BCUT2D eigenvalue weighted by Crippen LogP contribution is 2.33. The first-order valence-corrected chi connectivity index (χ1v) is 4.69. The fourth-order valence-corrected chi connectivity index (χ4v) is 1.63. The Labute approximate surface area is 84.7 Å². The van der Waals surface area contributed by atoms with Crippen molar-refractivity contribution in [2.45, 2.75) is 0 Å². The molecule has 0 fully saturated rings. The summed E-state index contributed by atoms with van der Waals surface area (Å²) in [7, 11) is 0. The fraction of sp³-hybridized carbons (Fsp3) is 0. The molecule has 0 bridgehead atoms. The van der Waals surface area contributed by atoms with Gasteiger partial charge in [-0.15, -0.1) is 0 Å². The van der Waals surface area contributed by atoms with Crippen LogP contribution in [0.15, 0.2) is 26.0 Å². The fourth-order valence-electron chi connectivity index (χ4n) is 0.936. The first kappa shape index (κ1) is 8.07. The summed E-state index contributed by atoms with van der Waals surface area (Å²) in [6.07, 6.45) is 1.62. The summed E-state index contributed by atoms with van der Waals surface area (Å²) in [6, 6.07) is 1.74. The Morgan fingerprint density at radius 2 is 2.17 bits per heavy atom. The molecule has 12 heavy (non-hydrogen) atoms. The van der Waals surface area contributed by atoms with Gasteiger partial charge in [0.2, 0.25) is 0 Å². The van der Waals surface area contributed by atoms with Crippen LogP contribution in [0.5, 0.6) is 5.75 Å². The van der Waals surface area contributed by atoms with E-state index in [0.717, 1.165) is 5.39 Å². The van der Waals surface area contributed by atoms with Crippen LogP contribution in [0, 0.1) is 0 Å². The van der Waals surface area contributed by atoms with Crippen molar-refractivity contribution in [1.82, 2.24) is 4.98 Å². The lowest BCUT2D eigenvalue weighted by molar-refractivity contribution is 0.456. The van der Waals surface area contributed by atoms with Crippen LogP contribution in [-0.2, 0) is 0 Å². The molecule has 0 atom stereocenters. The molecule has 2 rings (SSSR count). The van der Waals surface area contributed by atoms with E-state index in [9.17, 15) is 5.11 Å². The lowest BCUT2D eigenvalue weighted by Crippen LogP contribution is -1.75. The monoisotopic (exact) mass is 291 g/mol. The van der Waals surface area contributed by atoms with Gasteiger partial charge in [0, 0.05) is 17.6 Å². The summed E-state index contributed by atoms with van der Waals surface area (Å²) in [5.41, 5.74) is 0.434. The summed E-state index contributed by atoms with van der Waals surface area (Å²) in [5, 5.41) is 10.2. The number of pyridine rings is 1. The maximum absolute atomic E-state index is 9.45. The van der Waals surface area contributed by atoms with Gasteiger partial charge in [-0.25, -0.2) is 4.98 Å². The molecular formula is C7H3Br2NO2. The van der Waals surface area contributed by atoms with Crippen molar-refractivity contribution in [2.24, 2.45) is 0 Å². The number of furan rings is 1. The van der Waals surface area contributed by atoms with E-state index in [1.54, 1.807) is 12.3 Å². The number of hydrogen-bond acceptors (Lipinski definition) is 3. The zero-order valence-electron chi connectivity index (χ0n) is 5.71. The SMILES string of the molecule is Oc1c(Br)ncc2cc(Br)oc12. The minimum Gasteiger partial charge on any atom is -0.502 e. The quantitative estimate of drug-likeness (QED) is 0.759. The smallest absolute Gasteiger partial charge is 0.192 e. The van der Waals surface area contributed by atoms with E-state index in [2.05, 4.69) is 36.8 Å². The number of rotatable bonds is 0. The van der Waals surface area contributed by atoms with Crippen molar-refractivity contribution in [3.63, 3.8) is 0 Å². The maximum Gasteiger partial charge on any atom is 0.192 e. The van der Waals surface area contributed by atoms with E-state index in [4.69, 9.17) is 4.42 Å². The lowest BCUT2D eigenvalue weighted by Gasteiger charge is -1.94. The average Bonchev–Trinajstić information content (AvgIpc) is 2.39. The zero-order valence-corrected chi connectivity index (χ0v) is 8.89. The molecule has 0 radical (unpaired) electrons. The third kappa shape index (κ3) is 1.13. The first-order chi connectivity index (χ1) is 5.68. The molecule has 2 heterocycles. The van der Waals surface area contributed by atoms with Crippen molar-refractivity contribution in [2.75, 3.05) is 0 Å². The lowest BCUT2D eigenvalue weighted by atomic mass is 10.3. The molecular weight excluding hydrogens is 290 g/mol. The molecule has 3 nitrogen and oxygen atoms in total. The summed E-state index contributed by atoms with van der Waals surface area (Å²) < 4.78 is 6.14. The second-order valence-corrected chi connectivity index (χ2v) is 3.77. The predicted molar refractivity (Wildman–Crippen MR) is 51.1 cm³/mol. The molecule has 2 aromatic heterocycles. The Bertz CT molecular complexity index is 438. The Hall–Kier alpha value is -0.550. The summed E-state index contributed by atoms with van der Waals surface area (Å²) in [5.74, 6) is 0.0261. The topological polar surface area (TPSA) is 46.3 Å². The number of aromatic hydroxyl groups is 1. The molecule has 0 unspecified atom stereocenters. The number of halogens is 2. The van der Waals surface area contributed by atoms with Crippen LogP contribution in [0.25, 0.3) is 11.0 Å². The highest BCUT2D eigenvalue weighted by molar-refractivity contribution is 9.10. The van der Waals surface area contributed by atoms with Gasteiger partial charge in [0.1, 0.15) is 0 Å². The molecule has 62 valence electrons. The number of fused-ring (bicyclic) bond motifs is 1. The summed E-state index contributed by atoms with van der Waals surface area (Å²) >= 11 is 6.25. The predicted octanol–water partition coefficient (Wildman–Crippen LogP) is 3.06. The van der Waals surface area contributed by atoms with E-state index in [1.165, 1.54) is 0 Å². The van der Waals surface area contributed by atoms with Crippen LogP contribution in [0.3, 0.4) is 0 Å². The van der Waals surface area contributed by atoms with Crippen molar-refractivity contribution in [3.05, 3.63) is 21.5 Å². The molecule has 0 saturated heterocycles. The van der Waals surface area contributed by atoms with Crippen LogP contribution in [0.2, 0.25) is 0 Å². The molecule has 0 spiro atoms. The molecule has 2 aromatic rings. The normalized spacial score (nSPS) is 10.8. The van der Waals surface area contributed by atoms with Gasteiger partial charge in [-0.1, -0.05) is 0 Å². The molecule has 0 aliphatic carbocycles. The molecule has 0 saturated carbocycles. The maximum atomic E-state index is 9.45. The second kappa shape index (κ2) is 2.74. The second-order valence-electron chi connectivity index (χ2n) is 2.23. The van der Waals surface area contributed by atoms with Crippen LogP contribution < -0.4 is 0 Å². The van der Waals surface area contributed by atoms with E-state index in [0.29, 0.717) is 14.9 Å². The number of aromatic nitrogens is 1. The Kier molecular flexibility index (Phi) is 1.84. The van der Waals surface area contributed by atoms with Crippen LogP contribution in [-0.4, -0.2) is 10.1 Å². The minimum atomic E-state index is 0.0261. The van der Waals surface area contributed by atoms with Gasteiger partial charge in [0.15, 0.2) is 20.6 Å². The van der Waals surface area contributed by atoms with Crippen LogP contribution >= 0.6 is 31.9 Å². The number of nitrogens with zero attached hydrogens (tertiary/aromatic N) is 1. The molecule has 0 aliphatic heterocycles. The zero-order chi connectivity index (χ0) is 8.72. The highest BCUT2D eigenvalue weighted by atomic mass is 79.9. The molecule has 0 aliphatic rings. The number of hydrogen-bond donors (Lipinski definition) is 1. The Morgan fingerprint density at radius 3 is 2.92 bits per heavy atom. The third-order valence-corrected chi connectivity index (χ3v) is 2.43. The molecule has 5 heteroatoms. The highest BCUT2D eigenvalue weighted by Gasteiger charge is 2.09. The largest absolute Gasteiger partial charge is 0.502 e. The van der Waals surface area contributed by atoms with Gasteiger partial charge in [0.25, 0.3) is 0 Å². The van der Waals surface area contributed by atoms with E-state index >= 15 is 0 Å². The van der Waals surface area contributed by atoms with Crippen molar-refractivity contribution >= 4 is 42.8 Å². The van der Waals surface area contributed by atoms with Gasteiger partial charge in [-0.2, -0.15) is 0 Å². The molecule has 0 amide bonds. The first-order valence-electron chi connectivity index (χ1n) is 3.11. The van der Waals surface area contributed by atoms with E-state index in [1.807, 2.05) is 0 Å². The molecule has 1 N–H and O–H groups in total. The Morgan fingerprint density at radius 1 is 1.42 bits per heavy atom. The van der Waals surface area contributed by atoms with Gasteiger partial charge < -0.3 is 9.52 Å².